The zero-order valence-electron chi connectivity index (χ0n) is 7.19. The van der Waals surface area contributed by atoms with Gasteiger partial charge in [-0.15, -0.1) is 0 Å². The van der Waals surface area contributed by atoms with Crippen molar-refractivity contribution in [2.45, 2.75) is 6.92 Å². The highest BCUT2D eigenvalue weighted by molar-refractivity contribution is 7.22. The van der Waals surface area contributed by atoms with Gasteiger partial charge in [0.05, 0.1) is 10.2 Å². The zero-order valence-corrected chi connectivity index (χ0v) is 8.01. The number of hydrazone groups is 1. The van der Waals surface area contributed by atoms with E-state index in [-0.39, 0.29) is 0 Å². The van der Waals surface area contributed by atoms with E-state index in [4.69, 9.17) is 0 Å². The summed E-state index contributed by atoms with van der Waals surface area (Å²) in [5.74, 6) is 0. The number of aromatic nitrogens is 1. The molecule has 1 aromatic heterocycles. The molecule has 1 N–H and O–H groups in total. The van der Waals surface area contributed by atoms with E-state index in [9.17, 15) is 0 Å². The molecule has 0 bridgehead atoms. The molecule has 0 spiro atoms. The molecule has 0 aliphatic heterocycles. The van der Waals surface area contributed by atoms with E-state index in [2.05, 4.69) is 15.5 Å². The lowest BCUT2D eigenvalue weighted by Crippen LogP contribution is -1.85. The van der Waals surface area contributed by atoms with Crippen molar-refractivity contribution in [3.63, 3.8) is 0 Å². The Hall–Kier alpha value is -1.42. The molecule has 13 heavy (non-hydrogen) atoms. The van der Waals surface area contributed by atoms with E-state index >= 15 is 0 Å². The maximum absolute atomic E-state index is 4.34. The molecule has 0 fully saturated rings. The van der Waals surface area contributed by atoms with E-state index < -0.39 is 0 Å². The van der Waals surface area contributed by atoms with Crippen molar-refractivity contribution in [3.8, 4) is 0 Å². The first-order chi connectivity index (χ1) is 6.40. The van der Waals surface area contributed by atoms with Crippen LogP contribution in [-0.4, -0.2) is 11.2 Å². The lowest BCUT2D eigenvalue weighted by molar-refractivity contribution is 1.31. The highest BCUT2D eigenvalue weighted by Gasteiger charge is 1.99. The van der Waals surface area contributed by atoms with Crippen LogP contribution in [0.3, 0.4) is 0 Å². The first-order valence-electron chi connectivity index (χ1n) is 3.99. The fraction of sp³-hybridized carbons (Fsp3) is 0.111. The molecular formula is C9H9N3S. The van der Waals surface area contributed by atoms with Crippen molar-refractivity contribution in [2.75, 3.05) is 5.43 Å². The maximum Gasteiger partial charge on any atom is 0.204 e. The second-order valence-electron chi connectivity index (χ2n) is 2.49. The molecule has 1 aromatic carbocycles. The molecule has 0 radical (unpaired) electrons. The molecule has 0 saturated heterocycles. The van der Waals surface area contributed by atoms with Gasteiger partial charge in [-0.1, -0.05) is 23.5 Å². The van der Waals surface area contributed by atoms with Gasteiger partial charge in [-0.3, -0.25) is 5.43 Å². The predicted molar refractivity (Wildman–Crippen MR) is 57.4 cm³/mol. The number of hydrogen-bond donors (Lipinski definition) is 1. The Morgan fingerprint density at radius 2 is 2.31 bits per heavy atom. The third-order valence-electron chi connectivity index (χ3n) is 1.58. The van der Waals surface area contributed by atoms with Crippen LogP contribution < -0.4 is 5.43 Å². The number of fused-ring (bicyclic) bond motifs is 1. The Balaban J connectivity index is 2.38. The SMILES string of the molecule is CC=NNc1nc2ccccc2s1. The largest absolute Gasteiger partial charge is 0.253 e. The van der Waals surface area contributed by atoms with E-state index in [1.54, 1.807) is 17.6 Å². The predicted octanol–water partition coefficient (Wildman–Crippen LogP) is 2.71. The molecule has 2 rings (SSSR count). The number of benzene rings is 1. The van der Waals surface area contributed by atoms with Gasteiger partial charge >= 0.3 is 0 Å². The summed E-state index contributed by atoms with van der Waals surface area (Å²) >= 11 is 1.60. The van der Waals surface area contributed by atoms with Crippen molar-refractivity contribution in [2.24, 2.45) is 5.10 Å². The average molecular weight is 191 g/mol. The molecular weight excluding hydrogens is 182 g/mol. The fourth-order valence-electron chi connectivity index (χ4n) is 1.04. The van der Waals surface area contributed by atoms with Gasteiger partial charge in [0.25, 0.3) is 0 Å². The van der Waals surface area contributed by atoms with Crippen molar-refractivity contribution in [3.05, 3.63) is 24.3 Å². The maximum atomic E-state index is 4.34. The number of para-hydroxylation sites is 1. The van der Waals surface area contributed by atoms with Crippen molar-refractivity contribution < 1.29 is 0 Å². The van der Waals surface area contributed by atoms with Crippen LogP contribution in [0.4, 0.5) is 5.13 Å². The summed E-state index contributed by atoms with van der Waals surface area (Å²) < 4.78 is 1.18. The number of anilines is 1. The summed E-state index contributed by atoms with van der Waals surface area (Å²) in [7, 11) is 0. The Labute approximate surface area is 80.1 Å². The Bertz CT molecular complexity index is 400. The van der Waals surface area contributed by atoms with E-state index in [0.29, 0.717) is 0 Å². The second kappa shape index (κ2) is 3.53. The Morgan fingerprint density at radius 1 is 1.46 bits per heavy atom. The van der Waals surface area contributed by atoms with Gasteiger partial charge in [0.1, 0.15) is 0 Å². The first kappa shape index (κ1) is 8.19. The van der Waals surface area contributed by atoms with Gasteiger partial charge in [0.2, 0.25) is 5.13 Å². The molecule has 66 valence electrons. The molecule has 0 atom stereocenters. The molecule has 4 heteroatoms. The Morgan fingerprint density at radius 3 is 3.08 bits per heavy atom. The number of nitrogens with one attached hydrogen (secondary N) is 1. The molecule has 0 unspecified atom stereocenters. The molecule has 0 aliphatic rings. The number of thiazole rings is 1. The zero-order chi connectivity index (χ0) is 9.10. The van der Waals surface area contributed by atoms with Gasteiger partial charge in [-0.2, -0.15) is 5.10 Å². The molecule has 2 aromatic rings. The fourth-order valence-corrected chi connectivity index (χ4v) is 1.86. The first-order valence-corrected chi connectivity index (χ1v) is 4.81. The van der Waals surface area contributed by atoms with Crippen molar-refractivity contribution >= 4 is 32.9 Å². The lowest BCUT2D eigenvalue weighted by atomic mass is 10.3. The van der Waals surface area contributed by atoms with Crippen molar-refractivity contribution in [1.29, 1.82) is 0 Å². The van der Waals surface area contributed by atoms with Gasteiger partial charge in [-0.25, -0.2) is 4.98 Å². The topological polar surface area (TPSA) is 37.3 Å². The smallest absolute Gasteiger partial charge is 0.204 e. The third-order valence-corrected chi connectivity index (χ3v) is 2.52. The summed E-state index contributed by atoms with van der Waals surface area (Å²) in [6.45, 7) is 1.86. The normalized spacial score (nSPS) is 11.2. The number of hydrogen-bond acceptors (Lipinski definition) is 4. The van der Waals surface area contributed by atoms with Crippen LogP contribution in [0.15, 0.2) is 29.4 Å². The van der Waals surface area contributed by atoms with Crippen LogP contribution in [0, 0.1) is 0 Å². The summed E-state index contributed by atoms with van der Waals surface area (Å²) in [5.41, 5.74) is 3.88. The van der Waals surface area contributed by atoms with Crippen LogP contribution in [0.2, 0.25) is 0 Å². The number of nitrogens with zero attached hydrogens (tertiary/aromatic N) is 2. The van der Waals surface area contributed by atoms with Crippen molar-refractivity contribution in [1.82, 2.24) is 4.98 Å². The average Bonchev–Trinajstić information content (AvgIpc) is 2.57. The van der Waals surface area contributed by atoms with Crippen LogP contribution in [-0.2, 0) is 0 Å². The van der Waals surface area contributed by atoms with Crippen LogP contribution >= 0.6 is 11.3 Å². The highest BCUT2D eigenvalue weighted by Crippen LogP contribution is 2.24. The second-order valence-corrected chi connectivity index (χ2v) is 3.52. The lowest BCUT2D eigenvalue weighted by Gasteiger charge is -1.88. The summed E-state index contributed by atoms with van der Waals surface area (Å²) in [6.07, 6.45) is 1.70. The van der Waals surface area contributed by atoms with E-state index in [1.807, 2.05) is 31.2 Å². The highest BCUT2D eigenvalue weighted by atomic mass is 32.1. The van der Waals surface area contributed by atoms with Gasteiger partial charge < -0.3 is 0 Å². The molecule has 3 nitrogen and oxygen atoms in total. The minimum atomic E-state index is 0.833. The molecule has 0 saturated carbocycles. The summed E-state index contributed by atoms with van der Waals surface area (Å²) in [5, 5.41) is 4.74. The van der Waals surface area contributed by atoms with Crippen LogP contribution in [0.1, 0.15) is 6.92 Å². The van der Waals surface area contributed by atoms with Gasteiger partial charge in [0, 0.05) is 6.21 Å². The summed E-state index contributed by atoms with van der Waals surface area (Å²) in [6, 6.07) is 8.03. The standard InChI is InChI=1S/C9H9N3S/c1-2-10-12-9-11-7-5-3-4-6-8(7)13-9/h2-6H,1H3,(H,11,12). The number of rotatable bonds is 2. The quantitative estimate of drug-likeness (QED) is 0.585. The minimum Gasteiger partial charge on any atom is -0.253 e. The van der Waals surface area contributed by atoms with Gasteiger partial charge in [-0.05, 0) is 19.1 Å². The summed E-state index contributed by atoms with van der Waals surface area (Å²) in [4.78, 5) is 4.34. The van der Waals surface area contributed by atoms with Crippen LogP contribution in [0.5, 0.6) is 0 Å². The molecule has 1 heterocycles. The van der Waals surface area contributed by atoms with E-state index in [0.717, 1.165) is 10.6 Å². The minimum absolute atomic E-state index is 0.833. The molecule has 0 aliphatic carbocycles. The Kier molecular flexibility index (Phi) is 2.23. The monoisotopic (exact) mass is 191 g/mol. The van der Waals surface area contributed by atoms with Crippen LogP contribution in [0.25, 0.3) is 10.2 Å². The third kappa shape index (κ3) is 1.67. The molecule has 0 amide bonds. The van der Waals surface area contributed by atoms with Gasteiger partial charge in [0.15, 0.2) is 0 Å². The van der Waals surface area contributed by atoms with E-state index in [1.165, 1.54) is 4.70 Å².